The molecule has 0 bridgehead atoms. The number of furan rings is 1. The molecule has 2 atom stereocenters. The summed E-state index contributed by atoms with van der Waals surface area (Å²) in [4.78, 5) is 12.7. The van der Waals surface area contributed by atoms with E-state index in [-0.39, 0.29) is 16.6 Å². The first-order valence-corrected chi connectivity index (χ1v) is 11.2. The smallest absolute Gasteiger partial charge is 0.291 e. The van der Waals surface area contributed by atoms with Crippen LogP contribution in [-0.2, 0) is 10.0 Å². The molecule has 0 unspecified atom stereocenters. The number of benzene rings is 2. The van der Waals surface area contributed by atoms with Gasteiger partial charge in [0.15, 0.2) is 5.76 Å². The van der Waals surface area contributed by atoms with Crippen LogP contribution in [0.1, 0.15) is 30.8 Å². The normalized spacial score (nSPS) is 20.6. The fourth-order valence-electron chi connectivity index (χ4n) is 3.95. The Morgan fingerprint density at radius 2 is 1.69 bits per heavy atom. The lowest BCUT2D eigenvalue weighted by Crippen LogP contribution is -2.42. The molecule has 0 spiro atoms. The molecule has 29 heavy (non-hydrogen) atoms. The van der Waals surface area contributed by atoms with Crippen LogP contribution in [0.3, 0.4) is 0 Å². The number of para-hydroxylation sites is 1. The molecule has 3 aromatic rings. The first kappa shape index (κ1) is 19.7. The number of nitrogens with zero attached hydrogens (tertiary/aromatic N) is 1. The first-order chi connectivity index (χ1) is 13.8. The van der Waals surface area contributed by atoms with Crippen LogP contribution in [0.25, 0.3) is 11.0 Å². The van der Waals surface area contributed by atoms with E-state index in [1.54, 1.807) is 28.6 Å². The predicted octanol–water partition coefficient (Wildman–Crippen LogP) is 4.35. The topological polar surface area (TPSA) is 79.6 Å². The maximum atomic E-state index is 13.0. The summed E-state index contributed by atoms with van der Waals surface area (Å²) < 4.78 is 33.0. The van der Waals surface area contributed by atoms with Gasteiger partial charge in [-0.05, 0) is 54.7 Å². The van der Waals surface area contributed by atoms with Crippen molar-refractivity contribution in [2.75, 3.05) is 18.4 Å². The lowest BCUT2D eigenvalue weighted by atomic mass is 9.94. The number of hydrogen-bond donors (Lipinski definition) is 1. The van der Waals surface area contributed by atoms with Crippen molar-refractivity contribution in [1.29, 1.82) is 0 Å². The van der Waals surface area contributed by atoms with Gasteiger partial charge in [-0.15, -0.1) is 0 Å². The van der Waals surface area contributed by atoms with Crippen molar-refractivity contribution in [2.24, 2.45) is 11.8 Å². The Bertz CT molecular complexity index is 1090. The fourth-order valence-corrected chi connectivity index (χ4v) is 5.63. The third-order valence-corrected chi connectivity index (χ3v) is 7.08. The molecule has 1 aliphatic heterocycles. The number of nitrogens with one attached hydrogen (secondary N) is 1. The van der Waals surface area contributed by atoms with Crippen molar-refractivity contribution in [2.45, 2.75) is 25.2 Å². The van der Waals surface area contributed by atoms with E-state index in [1.807, 2.05) is 18.2 Å². The molecule has 6 nitrogen and oxygen atoms in total. The van der Waals surface area contributed by atoms with Crippen LogP contribution < -0.4 is 5.32 Å². The zero-order valence-electron chi connectivity index (χ0n) is 16.5. The highest BCUT2D eigenvalue weighted by molar-refractivity contribution is 7.89. The van der Waals surface area contributed by atoms with Crippen LogP contribution in [0.15, 0.2) is 63.9 Å². The van der Waals surface area contributed by atoms with Gasteiger partial charge >= 0.3 is 0 Å². The number of piperidine rings is 1. The van der Waals surface area contributed by atoms with E-state index in [1.165, 1.54) is 12.1 Å². The molecule has 1 amide bonds. The van der Waals surface area contributed by atoms with Gasteiger partial charge < -0.3 is 9.73 Å². The number of carbonyl (C=O) groups is 1. The summed E-state index contributed by atoms with van der Waals surface area (Å²) in [5.74, 6) is 0.515. The van der Waals surface area contributed by atoms with Crippen molar-refractivity contribution in [3.05, 3.63) is 60.4 Å². The number of carbonyl (C=O) groups excluding carboxylic acids is 1. The quantitative estimate of drug-likeness (QED) is 0.691. The van der Waals surface area contributed by atoms with Gasteiger partial charge in [-0.1, -0.05) is 32.0 Å². The van der Waals surface area contributed by atoms with Crippen LogP contribution in [0.4, 0.5) is 5.69 Å². The molecule has 7 heteroatoms. The number of sulfonamides is 1. The molecular formula is C22H24N2O4S. The minimum absolute atomic E-state index is 0.208. The minimum Gasteiger partial charge on any atom is -0.451 e. The molecule has 1 aliphatic rings. The van der Waals surface area contributed by atoms with E-state index in [4.69, 9.17) is 4.42 Å². The second-order valence-corrected chi connectivity index (χ2v) is 9.83. The van der Waals surface area contributed by atoms with Gasteiger partial charge in [-0.25, -0.2) is 8.42 Å². The molecule has 152 valence electrons. The molecule has 2 aromatic carbocycles. The second kappa shape index (κ2) is 7.65. The van der Waals surface area contributed by atoms with Crippen molar-refractivity contribution < 1.29 is 17.6 Å². The van der Waals surface area contributed by atoms with E-state index < -0.39 is 10.0 Å². The molecule has 1 aromatic heterocycles. The Labute approximate surface area is 170 Å². The zero-order chi connectivity index (χ0) is 20.6. The number of fused-ring (bicyclic) bond motifs is 1. The summed E-state index contributed by atoms with van der Waals surface area (Å²) in [7, 11) is -3.54. The van der Waals surface area contributed by atoms with E-state index in [0.717, 1.165) is 11.8 Å². The van der Waals surface area contributed by atoms with Gasteiger partial charge in [0.05, 0.1) is 4.90 Å². The number of rotatable bonds is 4. The number of amides is 1. The van der Waals surface area contributed by atoms with Gasteiger partial charge in [-0.2, -0.15) is 4.31 Å². The third kappa shape index (κ3) is 4.06. The molecule has 1 fully saturated rings. The lowest BCUT2D eigenvalue weighted by Gasteiger charge is -2.34. The Hall–Kier alpha value is -2.64. The molecule has 1 saturated heterocycles. The monoisotopic (exact) mass is 412 g/mol. The van der Waals surface area contributed by atoms with Gasteiger partial charge in [0.2, 0.25) is 10.0 Å². The Balaban J connectivity index is 1.49. The van der Waals surface area contributed by atoms with Gasteiger partial charge in [0.25, 0.3) is 5.91 Å². The fraction of sp³-hybridized carbons (Fsp3) is 0.318. The van der Waals surface area contributed by atoms with Crippen LogP contribution in [0, 0.1) is 11.8 Å². The van der Waals surface area contributed by atoms with Crippen LogP contribution in [0.5, 0.6) is 0 Å². The highest BCUT2D eigenvalue weighted by atomic mass is 32.2. The largest absolute Gasteiger partial charge is 0.451 e. The maximum absolute atomic E-state index is 13.0. The molecule has 1 N–H and O–H groups in total. The van der Waals surface area contributed by atoms with E-state index in [9.17, 15) is 13.2 Å². The van der Waals surface area contributed by atoms with E-state index in [0.29, 0.717) is 36.2 Å². The minimum atomic E-state index is -3.54. The van der Waals surface area contributed by atoms with Crippen molar-refractivity contribution in [1.82, 2.24) is 4.31 Å². The Morgan fingerprint density at radius 3 is 2.34 bits per heavy atom. The molecule has 0 aliphatic carbocycles. The summed E-state index contributed by atoms with van der Waals surface area (Å²) in [5.41, 5.74) is 1.15. The standard InChI is InChI=1S/C22H24N2O4S/c1-15-11-16(2)14-24(13-15)29(26,27)19-9-7-18(8-10-19)23-22(25)21-12-17-5-3-4-6-20(17)28-21/h3-10,12,15-16H,11,13-14H2,1-2H3,(H,23,25)/t15-,16-/m1/s1. The SMILES string of the molecule is C[C@@H]1C[C@@H](C)CN(S(=O)(=O)c2ccc(NC(=O)c3cc4ccccc4o3)cc2)C1. The van der Waals surface area contributed by atoms with Crippen molar-refractivity contribution >= 4 is 32.6 Å². The van der Waals surface area contributed by atoms with Gasteiger partial charge in [0.1, 0.15) is 5.58 Å². The average Bonchev–Trinajstić information content (AvgIpc) is 3.12. The Morgan fingerprint density at radius 1 is 1.03 bits per heavy atom. The third-order valence-electron chi connectivity index (χ3n) is 5.23. The predicted molar refractivity (Wildman–Crippen MR) is 112 cm³/mol. The van der Waals surface area contributed by atoms with Crippen molar-refractivity contribution in [3.63, 3.8) is 0 Å². The second-order valence-electron chi connectivity index (χ2n) is 7.90. The number of anilines is 1. The summed E-state index contributed by atoms with van der Waals surface area (Å²) in [6.07, 6.45) is 1.04. The van der Waals surface area contributed by atoms with Gasteiger partial charge in [-0.3, -0.25) is 4.79 Å². The van der Waals surface area contributed by atoms with Crippen LogP contribution >= 0.6 is 0 Å². The average molecular weight is 413 g/mol. The van der Waals surface area contributed by atoms with Gasteiger partial charge in [0, 0.05) is 24.2 Å². The molecule has 4 rings (SSSR count). The zero-order valence-corrected chi connectivity index (χ0v) is 17.3. The first-order valence-electron chi connectivity index (χ1n) is 9.73. The lowest BCUT2D eigenvalue weighted by molar-refractivity contribution is 0.0998. The summed E-state index contributed by atoms with van der Waals surface area (Å²) in [6.45, 7) is 5.23. The molecular weight excluding hydrogens is 388 g/mol. The van der Waals surface area contributed by atoms with Crippen LogP contribution in [0.2, 0.25) is 0 Å². The molecule has 0 radical (unpaired) electrons. The van der Waals surface area contributed by atoms with Crippen molar-refractivity contribution in [3.8, 4) is 0 Å². The van der Waals surface area contributed by atoms with Crippen LogP contribution in [-0.4, -0.2) is 31.7 Å². The highest BCUT2D eigenvalue weighted by Gasteiger charge is 2.31. The summed E-state index contributed by atoms with van der Waals surface area (Å²) >= 11 is 0. The number of hydrogen-bond acceptors (Lipinski definition) is 4. The summed E-state index contributed by atoms with van der Waals surface area (Å²) in [6, 6.07) is 15.3. The highest BCUT2D eigenvalue weighted by Crippen LogP contribution is 2.27. The summed E-state index contributed by atoms with van der Waals surface area (Å²) in [5, 5.41) is 3.60. The maximum Gasteiger partial charge on any atom is 0.291 e. The Kier molecular flexibility index (Phi) is 5.19. The van der Waals surface area contributed by atoms with E-state index in [2.05, 4.69) is 19.2 Å². The molecule has 2 heterocycles. The van der Waals surface area contributed by atoms with E-state index >= 15 is 0 Å². The molecule has 0 saturated carbocycles.